The molecule has 0 N–H and O–H groups in total. The highest BCUT2D eigenvalue weighted by atomic mass is 19.4. The minimum Gasteiger partial charge on any atom is -0.308 e. The van der Waals surface area contributed by atoms with Crippen molar-refractivity contribution in [2.24, 2.45) is 0 Å². The predicted octanol–water partition coefficient (Wildman–Crippen LogP) is 1.43. The Balaban J connectivity index is 3.76. The van der Waals surface area contributed by atoms with Crippen LogP contribution in [0.2, 0.25) is 0 Å². The Hall–Kier alpha value is -0.290. The number of likely N-dealkylation sites (N-methyl/N-ethyl adjacent to an activating group) is 2. The summed E-state index contributed by atoms with van der Waals surface area (Å²) in [7, 11) is 3.70. The smallest absolute Gasteiger partial charge is 0.308 e. The molecule has 0 aliphatic carbocycles. The Kier molecular flexibility index (Phi) is 5.32. The molecule has 0 aromatic rings. The van der Waals surface area contributed by atoms with E-state index in [0.717, 1.165) is 0 Å². The summed E-state index contributed by atoms with van der Waals surface area (Å²) in [6.07, 6.45) is -4.08. The molecule has 80 valence electrons. The Morgan fingerprint density at radius 2 is 1.62 bits per heavy atom. The van der Waals surface area contributed by atoms with Crippen LogP contribution in [0.1, 0.15) is 6.92 Å². The number of nitrogens with zero attached hydrogens (tertiary/aromatic N) is 2. The molecule has 0 aromatic heterocycles. The second kappa shape index (κ2) is 5.44. The molecule has 0 heterocycles. The van der Waals surface area contributed by atoms with Gasteiger partial charge in [-0.15, -0.1) is 0 Å². The SMILES string of the molecule is CCN(CCN(C)C)CC(F)(F)F. The van der Waals surface area contributed by atoms with E-state index in [1.165, 1.54) is 4.90 Å². The Bertz CT molecular complexity index is 134. The normalized spacial score (nSPS) is 12.9. The fourth-order valence-corrected chi connectivity index (χ4v) is 0.944. The van der Waals surface area contributed by atoms with Crippen molar-refractivity contribution in [1.82, 2.24) is 9.80 Å². The number of hydrogen-bond acceptors (Lipinski definition) is 2. The zero-order valence-corrected chi connectivity index (χ0v) is 8.36. The van der Waals surface area contributed by atoms with Crippen molar-refractivity contribution < 1.29 is 13.2 Å². The van der Waals surface area contributed by atoms with Gasteiger partial charge < -0.3 is 4.90 Å². The number of alkyl halides is 3. The van der Waals surface area contributed by atoms with Crippen molar-refractivity contribution in [3.8, 4) is 0 Å². The van der Waals surface area contributed by atoms with E-state index >= 15 is 0 Å². The fourth-order valence-electron chi connectivity index (χ4n) is 0.944. The van der Waals surface area contributed by atoms with Gasteiger partial charge in [-0.1, -0.05) is 6.92 Å². The standard InChI is InChI=1S/C8H17F3N2/c1-4-13(6-5-12(2)3)7-8(9,10)11/h4-7H2,1-3H3. The molecular weight excluding hydrogens is 181 g/mol. The lowest BCUT2D eigenvalue weighted by Crippen LogP contribution is -2.38. The second-order valence-corrected chi connectivity index (χ2v) is 3.29. The number of halogens is 3. The van der Waals surface area contributed by atoms with Crippen molar-refractivity contribution in [3.05, 3.63) is 0 Å². The van der Waals surface area contributed by atoms with Crippen LogP contribution >= 0.6 is 0 Å². The summed E-state index contributed by atoms with van der Waals surface area (Å²) in [5, 5.41) is 0. The summed E-state index contributed by atoms with van der Waals surface area (Å²) >= 11 is 0. The molecule has 0 atom stereocenters. The first-order valence-electron chi connectivity index (χ1n) is 4.29. The molecule has 0 aliphatic rings. The van der Waals surface area contributed by atoms with Gasteiger partial charge in [0.05, 0.1) is 6.54 Å². The Morgan fingerprint density at radius 1 is 1.08 bits per heavy atom. The van der Waals surface area contributed by atoms with E-state index in [9.17, 15) is 13.2 Å². The molecule has 0 saturated heterocycles. The van der Waals surface area contributed by atoms with Crippen LogP contribution in [0.15, 0.2) is 0 Å². The average Bonchev–Trinajstić information content (AvgIpc) is 1.95. The highest BCUT2D eigenvalue weighted by Gasteiger charge is 2.29. The highest BCUT2D eigenvalue weighted by molar-refractivity contribution is 4.62. The fraction of sp³-hybridized carbons (Fsp3) is 1.00. The summed E-state index contributed by atoms with van der Waals surface area (Å²) in [5.74, 6) is 0. The van der Waals surface area contributed by atoms with Crippen LogP contribution < -0.4 is 0 Å². The van der Waals surface area contributed by atoms with Crippen LogP contribution in [0.3, 0.4) is 0 Å². The minimum atomic E-state index is -4.08. The van der Waals surface area contributed by atoms with Gasteiger partial charge in [0.25, 0.3) is 0 Å². The third kappa shape index (κ3) is 8.05. The maximum Gasteiger partial charge on any atom is 0.401 e. The topological polar surface area (TPSA) is 6.48 Å². The van der Waals surface area contributed by atoms with E-state index in [-0.39, 0.29) is 0 Å². The molecule has 0 spiro atoms. The van der Waals surface area contributed by atoms with Crippen LogP contribution in [-0.2, 0) is 0 Å². The zero-order valence-electron chi connectivity index (χ0n) is 8.36. The predicted molar refractivity (Wildman–Crippen MR) is 46.7 cm³/mol. The van der Waals surface area contributed by atoms with Crippen LogP contribution in [0.25, 0.3) is 0 Å². The number of rotatable bonds is 5. The first-order valence-corrected chi connectivity index (χ1v) is 4.29. The molecular formula is C8H17F3N2. The lowest BCUT2D eigenvalue weighted by Gasteiger charge is -2.23. The van der Waals surface area contributed by atoms with E-state index in [4.69, 9.17) is 0 Å². The molecule has 0 fully saturated rings. The van der Waals surface area contributed by atoms with Gasteiger partial charge in [-0.25, -0.2) is 0 Å². The van der Waals surface area contributed by atoms with Crippen LogP contribution in [0.5, 0.6) is 0 Å². The molecule has 5 heteroatoms. The van der Waals surface area contributed by atoms with Gasteiger partial charge in [-0.05, 0) is 20.6 Å². The first-order chi connectivity index (χ1) is 5.85. The zero-order chi connectivity index (χ0) is 10.5. The molecule has 0 aromatic carbocycles. The van der Waals surface area contributed by atoms with Gasteiger partial charge in [0.1, 0.15) is 0 Å². The van der Waals surface area contributed by atoms with E-state index in [2.05, 4.69) is 0 Å². The van der Waals surface area contributed by atoms with E-state index < -0.39 is 12.7 Å². The highest BCUT2D eigenvalue weighted by Crippen LogP contribution is 2.15. The van der Waals surface area contributed by atoms with Gasteiger partial charge in [0.2, 0.25) is 0 Å². The Morgan fingerprint density at radius 3 is 1.92 bits per heavy atom. The monoisotopic (exact) mass is 198 g/mol. The lowest BCUT2D eigenvalue weighted by molar-refractivity contribution is -0.145. The molecule has 0 rings (SSSR count). The van der Waals surface area contributed by atoms with Crippen molar-refractivity contribution in [2.75, 3.05) is 40.3 Å². The van der Waals surface area contributed by atoms with E-state index in [1.807, 2.05) is 19.0 Å². The largest absolute Gasteiger partial charge is 0.401 e. The quantitative estimate of drug-likeness (QED) is 0.659. The number of hydrogen-bond donors (Lipinski definition) is 0. The van der Waals surface area contributed by atoms with Crippen molar-refractivity contribution in [1.29, 1.82) is 0 Å². The molecule has 0 radical (unpaired) electrons. The summed E-state index contributed by atoms with van der Waals surface area (Å²) in [4.78, 5) is 3.26. The van der Waals surface area contributed by atoms with E-state index in [1.54, 1.807) is 6.92 Å². The minimum absolute atomic E-state index is 0.438. The van der Waals surface area contributed by atoms with Crippen molar-refractivity contribution >= 4 is 0 Å². The molecule has 0 saturated carbocycles. The average molecular weight is 198 g/mol. The van der Waals surface area contributed by atoms with Crippen molar-refractivity contribution in [3.63, 3.8) is 0 Å². The van der Waals surface area contributed by atoms with Gasteiger partial charge in [-0.2, -0.15) is 13.2 Å². The van der Waals surface area contributed by atoms with Gasteiger partial charge in [0, 0.05) is 13.1 Å². The molecule has 0 amide bonds. The van der Waals surface area contributed by atoms with Crippen molar-refractivity contribution in [2.45, 2.75) is 13.1 Å². The summed E-state index contributed by atoms with van der Waals surface area (Å²) < 4.78 is 35.9. The van der Waals surface area contributed by atoms with Gasteiger partial charge in [0.15, 0.2) is 0 Å². The van der Waals surface area contributed by atoms with Crippen LogP contribution in [-0.4, -0.2) is 56.3 Å². The summed E-state index contributed by atoms with van der Waals surface area (Å²) in [6.45, 7) is 2.49. The van der Waals surface area contributed by atoms with E-state index in [0.29, 0.717) is 19.6 Å². The third-order valence-corrected chi connectivity index (χ3v) is 1.71. The second-order valence-electron chi connectivity index (χ2n) is 3.29. The Labute approximate surface area is 77.3 Å². The molecule has 0 bridgehead atoms. The maximum atomic E-state index is 12.0. The molecule has 0 unspecified atom stereocenters. The lowest BCUT2D eigenvalue weighted by atomic mass is 10.4. The summed E-state index contributed by atoms with van der Waals surface area (Å²) in [5.41, 5.74) is 0. The van der Waals surface area contributed by atoms with Gasteiger partial charge >= 0.3 is 6.18 Å². The molecule has 2 nitrogen and oxygen atoms in total. The third-order valence-electron chi connectivity index (χ3n) is 1.71. The molecule has 13 heavy (non-hydrogen) atoms. The first kappa shape index (κ1) is 12.7. The molecule has 0 aliphatic heterocycles. The van der Waals surface area contributed by atoms with Crippen LogP contribution in [0.4, 0.5) is 13.2 Å². The van der Waals surface area contributed by atoms with Gasteiger partial charge in [-0.3, -0.25) is 4.90 Å². The van der Waals surface area contributed by atoms with Crippen LogP contribution in [0, 0.1) is 0 Å². The maximum absolute atomic E-state index is 12.0. The summed E-state index contributed by atoms with van der Waals surface area (Å²) in [6, 6.07) is 0.